The van der Waals surface area contributed by atoms with E-state index in [-0.39, 0.29) is 23.6 Å². The Morgan fingerprint density at radius 2 is 2.28 bits per heavy atom. The molecule has 1 saturated carbocycles. The van der Waals surface area contributed by atoms with Crippen LogP contribution in [-0.4, -0.2) is 11.4 Å². The minimum Gasteiger partial charge on any atom is -0.325 e. The molecule has 1 fully saturated rings. The van der Waals surface area contributed by atoms with Gasteiger partial charge in [-0.05, 0) is 37.5 Å². The molecule has 5 heteroatoms. The van der Waals surface area contributed by atoms with Crippen LogP contribution in [0.4, 0.5) is 10.1 Å². The van der Waals surface area contributed by atoms with Crippen LogP contribution in [0.25, 0.3) is 0 Å². The van der Waals surface area contributed by atoms with Gasteiger partial charge in [-0.25, -0.2) is 4.39 Å². The van der Waals surface area contributed by atoms with Crippen LogP contribution in [0.2, 0.25) is 0 Å². The zero-order chi connectivity index (χ0) is 13.2. The van der Waals surface area contributed by atoms with Crippen LogP contribution in [0.15, 0.2) is 18.2 Å². The molecule has 0 radical (unpaired) electrons. The SMILES string of the molecule is N#Cc1ccc(NC(=O)CC2(N)CCC2)c(F)c1. The summed E-state index contributed by atoms with van der Waals surface area (Å²) in [7, 11) is 0. The highest BCUT2D eigenvalue weighted by Gasteiger charge is 2.34. The molecule has 1 aromatic carbocycles. The van der Waals surface area contributed by atoms with Gasteiger partial charge < -0.3 is 11.1 Å². The molecule has 1 aromatic rings. The van der Waals surface area contributed by atoms with Crippen LogP contribution in [0, 0.1) is 17.1 Å². The number of anilines is 1. The molecule has 0 heterocycles. The van der Waals surface area contributed by atoms with Crippen molar-refractivity contribution in [2.45, 2.75) is 31.2 Å². The molecule has 0 bridgehead atoms. The summed E-state index contributed by atoms with van der Waals surface area (Å²) in [5.74, 6) is -0.900. The Hall–Kier alpha value is -1.93. The van der Waals surface area contributed by atoms with Gasteiger partial charge in [0.2, 0.25) is 5.91 Å². The highest BCUT2D eigenvalue weighted by atomic mass is 19.1. The molecule has 1 amide bonds. The number of benzene rings is 1. The normalized spacial score (nSPS) is 16.5. The topological polar surface area (TPSA) is 78.9 Å². The summed E-state index contributed by atoms with van der Waals surface area (Å²) in [5, 5.41) is 11.1. The third kappa shape index (κ3) is 2.66. The Balaban J connectivity index is 2.01. The minimum atomic E-state index is -0.609. The van der Waals surface area contributed by atoms with Crippen LogP contribution < -0.4 is 11.1 Å². The quantitative estimate of drug-likeness (QED) is 0.856. The number of nitriles is 1. The van der Waals surface area contributed by atoms with Crippen molar-refractivity contribution in [1.29, 1.82) is 5.26 Å². The maximum Gasteiger partial charge on any atom is 0.226 e. The number of carbonyl (C=O) groups excluding carboxylic acids is 1. The zero-order valence-electron chi connectivity index (χ0n) is 9.87. The van der Waals surface area contributed by atoms with Gasteiger partial charge in [-0.2, -0.15) is 5.26 Å². The Morgan fingerprint density at radius 3 is 2.78 bits per heavy atom. The third-order valence-corrected chi connectivity index (χ3v) is 3.23. The predicted molar refractivity (Wildman–Crippen MR) is 65.1 cm³/mol. The monoisotopic (exact) mass is 247 g/mol. The first-order valence-corrected chi connectivity index (χ1v) is 5.81. The van der Waals surface area contributed by atoms with E-state index in [1.165, 1.54) is 12.1 Å². The van der Waals surface area contributed by atoms with Crippen molar-refractivity contribution in [2.24, 2.45) is 5.73 Å². The molecular formula is C13H14FN3O. The summed E-state index contributed by atoms with van der Waals surface area (Å²) >= 11 is 0. The second kappa shape index (κ2) is 4.75. The number of amides is 1. The summed E-state index contributed by atoms with van der Waals surface area (Å²) in [6.45, 7) is 0. The van der Waals surface area contributed by atoms with E-state index in [9.17, 15) is 9.18 Å². The molecule has 0 aromatic heterocycles. The maximum absolute atomic E-state index is 13.5. The van der Waals surface area contributed by atoms with Gasteiger partial charge in [-0.3, -0.25) is 4.79 Å². The standard InChI is InChI=1S/C13H14FN3O/c14-10-6-9(8-15)2-3-11(10)17-12(18)7-13(16)4-1-5-13/h2-3,6H,1,4-5,7,16H2,(H,17,18). The lowest BCUT2D eigenvalue weighted by atomic mass is 9.75. The second-order valence-electron chi connectivity index (χ2n) is 4.75. The van der Waals surface area contributed by atoms with Crippen LogP contribution in [-0.2, 0) is 4.79 Å². The Kier molecular flexibility index (Phi) is 3.30. The summed E-state index contributed by atoms with van der Waals surface area (Å²) in [5.41, 5.74) is 5.83. The fourth-order valence-electron chi connectivity index (χ4n) is 2.01. The maximum atomic E-state index is 13.5. The average Bonchev–Trinajstić information content (AvgIpc) is 2.29. The number of rotatable bonds is 3. The molecule has 0 saturated heterocycles. The van der Waals surface area contributed by atoms with Crippen molar-refractivity contribution in [1.82, 2.24) is 0 Å². The molecule has 0 atom stereocenters. The van der Waals surface area contributed by atoms with Crippen molar-refractivity contribution in [3.8, 4) is 6.07 Å². The van der Waals surface area contributed by atoms with E-state index >= 15 is 0 Å². The zero-order valence-corrected chi connectivity index (χ0v) is 9.87. The van der Waals surface area contributed by atoms with Crippen molar-refractivity contribution in [3.05, 3.63) is 29.6 Å². The predicted octanol–water partition coefficient (Wildman–Crippen LogP) is 1.91. The molecular weight excluding hydrogens is 233 g/mol. The van der Waals surface area contributed by atoms with Crippen LogP contribution in [0.1, 0.15) is 31.2 Å². The Bertz CT molecular complexity index is 517. The van der Waals surface area contributed by atoms with E-state index in [0.717, 1.165) is 25.3 Å². The van der Waals surface area contributed by atoms with Crippen molar-refractivity contribution in [2.75, 3.05) is 5.32 Å². The first-order valence-electron chi connectivity index (χ1n) is 5.81. The lowest BCUT2D eigenvalue weighted by Crippen LogP contribution is -2.48. The molecule has 1 aliphatic carbocycles. The summed E-state index contributed by atoms with van der Waals surface area (Å²) in [6.07, 6.45) is 2.90. The Morgan fingerprint density at radius 1 is 1.56 bits per heavy atom. The van der Waals surface area contributed by atoms with E-state index in [1.807, 2.05) is 6.07 Å². The number of hydrogen-bond donors (Lipinski definition) is 2. The first kappa shape index (κ1) is 12.5. The van der Waals surface area contributed by atoms with E-state index < -0.39 is 11.4 Å². The second-order valence-corrected chi connectivity index (χ2v) is 4.75. The molecule has 1 aliphatic rings. The molecule has 4 nitrogen and oxygen atoms in total. The molecule has 3 N–H and O–H groups in total. The minimum absolute atomic E-state index is 0.0851. The van der Waals surface area contributed by atoms with Gasteiger partial charge in [0.05, 0.1) is 17.3 Å². The van der Waals surface area contributed by atoms with Gasteiger partial charge >= 0.3 is 0 Å². The molecule has 0 unspecified atom stereocenters. The van der Waals surface area contributed by atoms with Gasteiger partial charge in [0.15, 0.2) is 0 Å². The number of nitrogens with one attached hydrogen (secondary N) is 1. The van der Waals surface area contributed by atoms with Crippen LogP contribution in [0.5, 0.6) is 0 Å². The summed E-state index contributed by atoms with van der Waals surface area (Å²) in [4.78, 5) is 11.7. The van der Waals surface area contributed by atoms with E-state index in [2.05, 4.69) is 5.32 Å². The van der Waals surface area contributed by atoms with Crippen LogP contribution >= 0.6 is 0 Å². The summed E-state index contributed by atoms with van der Waals surface area (Å²) < 4.78 is 13.5. The van der Waals surface area contributed by atoms with E-state index in [1.54, 1.807) is 0 Å². The molecule has 2 rings (SSSR count). The first-order chi connectivity index (χ1) is 8.52. The van der Waals surface area contributed by atoms with Gasteiger partial charge in [0.25, 0.3) is 0 Å². The van der Waals surface area contributed by atoms with E-state index in [4.69, 9.17) is 11.0 Å². The largest absolute Gasteiger partial charge is 0.325 e. The van der Waals surface area contributed by atoms with Crippen molar-refractivity contribution < 1.29 is 9.18 Å². The fraction of sp³-hybridized carbons (Fsp3) is 0.385. The van der Waals surface area contributed by atoms with Gasteiger partial charge in [0, 0.05) is 12.0 Å². The highest BCUT2D eigenvalue weighted by Crippen LogP contribution is 2.32. The average molecular weight is 247 g/mol. The molecule has 0 aliphatic heterocycles. The number of nitrogens with two attached hydrogens (primary N) is 1. The van der Waals surface area contributed by atoms with Crippen LogP contribution in [0.3, 0.4) is 0 Å². The lowest BCUT2D eigenvalue weighted by molar-refractivity contribution is -0.118. The molecule has 18 heavy (non-hydrogen) atoms. The third-order valence-electron chi connectivity index (χ3n) is 3.23. The highest BCUT2D eigenvalue weighted by molar-refractivity contribution is 5.91. The lowest BCUT2D eigenvalue weighted by Gasteiger charge is -2.37. The molecule has 0 spiro atoms. The molecule has 94 valence electrons. The summed E-state index contributed by atoms with van der Waals surface area (Å²) in [6, 6.07) is 5.77. The van der Waals surface area contributed by atoms with Gasteiger partial charge in [-0.1, -0.05) is 0 Å². The fourth-order valence-corrected chi connectivity index (χ4v) is 2.01. The van der Waals surface area contributed by atoms with Crippen molar-refractivity contribution >= 4 is 11.6 Å². The number of carbonyl (C=O) groups is 1. The number of halogens is 1. The number of hydrogen-bond acceptors (Lipinski definition) is 3. The van der Waals surface area contributed by atoms with Gasteiger partial charge in [-0.15, -0.1) is 0 Å². The van der Waals surface area contributed by atoms with E-state index in [0.29, 0.717) is 0 Å². The van der Waals surface area contributed by atoms with Gasteiger partial charge in [0.1, 0.15) is 5.82 Å². The smallest absolute Gasteiger partial charge is 0.226 e. The Labute approximate surface area is 105 Å². The van der Waals surface area contributed by atoms with Crippen molar-refractivity contribution in [3.63, 3.8) is 0 Å². The number of nitrogens with zero attached hydrogens (tertiary/aromatic N) is 1.